The van der Waals surface area contributed by atoms with Gasteiger partial charge in [0.25, 0.3) is 15.9 Å². The molecule has 0 saturated carbocycles. The van der Waals surface area contributed by atoms with Gasteiger partial charge in [0.2, 0.25) is 0 Å². The molecule has 0 aliphatic rings. The van der Waals surface area contributed by atoms with Gasteiger partial charge in [-0.2, -0.15) is 0 Å². The van der Waals surface area contributed by atoms with Crippen molar-refractivity contribution in [1.29, 1.82) is 0 Å². The quantitative estimate of drug-likeness (QED) is 0.417. The van der Waals surface area contributed by atoms with Crippen LogP contribution >= 0.6 is 23.2 Å². The minimum Gasteiger partial charge on any atom is -0.275 e. The lowest BCUT2D eigenvalue weighted by Gasteiger charge is -2.12. The molecule has 176 valence electrons. The number of amides is 1. The van der Waals surface area contributed by atoms with E-state index in [0.29, 0.717) is 38.0 Å². The standard InChI is InChI=1S/C25H23Cl2N3O3S/c1-16-8-6-9-17(2)24(16)34(32,33)30-25(31)22(29-15-19-10-4-5-11-20(19)26)14-18(3)23-21(27)12-7-13-28-23/h4-14H,15H2,1-3H3,(H,30,31)/b18-14+,29-22?. The number of rotatable bonds is 7. The number of aryl methyl sites for hydroxylation is 2. The fraction of sp³-hybridized carbons (Fsp3) is 0.160. The van der Waals surface area contributed by atoms with Crippen LogP contribution in [0.25, 0.3) is 5.57 Å². The van der Waals surface area contributed by atoms with Crippen molar-refractivity contribution in [1.82, 2.24) is 9.71 Å². The van der Waals surface area contributed by atoms with Crippen LogP contribution in [-0.2, 0) is 21.4 Å². The molecule has 0 radical (unpaired) electrons. The van der Waals surface area contributed by atoms with Crippen LogP contribution in [0.2, 0.25) is 10.0 Å². The van der Waals surface area contributed by atoms with Gasteiger partial charge in [0, 0.05) is 11.2 Å². The highest BCUT2D eigenvalue weighted by atomic mass is 35.5. The maximum Gasteiger partial charge on any atom is 0.283 e. The molecule has 0 fully saturated rings. The number of nitrogens with one attached hydrogen (secondary N) is 1. The molecule has 0 unspecified atom stereocenters. The van der Waals surface area contributed by atoms with Gasteiger partial charge >= 0.3 is 0 Å². The van der Waals surface area contributed by atoms with E-state index in [-0.39, 0.29) is 17.2 Å². The Morgan fingerprint density at radius 3 is 2.29 bits per heavy atom. The summed E-state index contributed by atoms with van der Waals surface area (Å²) in [7, 11) is -4.14. The zero-order chi connectivity index (χ0) is 24.9. The molecule has 0 aliphatic carbocycles. The summed E-state index contributed by atoms with van der Waals surface area (Å²) < 4.78 is 28.3. The van der Waals surface area contributed by atoms with Crippen LogP contribution in [0.3, 0.4) is 0 Å². The van der Waals surface area contributed by atoms with Gasteiger partial charge in [-0.15, -0.1) is 0 Å². The van der Waals surface area contributed by atoms with Crippen molar-refractivity contribution in [3.8, 4) is 0 Å². The van der Waals surface area contributed by atoms with E-state index in [1.54, 1.807) is 81.6 Å². The fourth-order valence-corrected chi connectivity index (χ4v) is 5.28. The number of halogens is 2. The third-order valence-corrected chi connectivity index (χ3v) is 7.31. The summed E-state index contributed by atoms with van der Waals surface area (Å²) in [5.41, 5.74) is 2.65. The number of sulfonamides is 1. The SMILES string of the molecule is C/C(=C\C(=NCc1ccccc1Cl)C(=O)NS(=O)(=O)c1c(C)cccc1C)c1ncccc1Cl. The minimum absolute atomic E-state index is 0.0577. The van der Waals surface area contributed by atoms with Gasteiger partial charge in [0.15, 0.2) is 0 Å². The van der Waals surface area contributed by atoms with Crippen LogP contribution in [0, 0.1) is 13.8 Å². The number of benzene rings is 2. The van der Waals surface area contributed by atoms with Crippen molar-refractivity contribution in [3.63, 3.8) is 0 Å². The summed E-state index contributed by atoms with van der Waals surface area (Å²) in [4.78, 5) is 21.8. The van der Waals surface area contributed by atoms with E-state index in [4.69, 9.17) is 23.2 Å². The first-order valence-electron chi connectivity index (χ1n) is 10.3. The van der Waals surface area contributed by atoms with E-state index in [1.165, 1.54) is 6.08 Å². The third kappa shape index (κ3) is 6.11. The summed E-state index contributed by atoms with van der Waals surface area (Å²) in [6.45, 7) is 5.13. The Labute approximate surface area is 209 Å². The molecule has 0 atom stereocenters. The van der Waals surface area contributed by atoms with Gasteiger partial charge in [-0.1, -0.05) is 59.6 Å². The number of carbonyl (C=O) groups is 1. The normalized spacial score (nSPS) is 12.5. The molecule has 1 heterocycles. The average Bonchev–Trinajstić information content (AvgIpc) is 2.77. The molecule has 0 bridgehead atoms. The zero-order valence-electron chi connectivity index (χ0n) is 18.8. The second-order valence-corrected chi connectivity index (χ2v) is 10.0. The number of hydrogen-bond donors (Lipinski definition) is 1. The molecule has 0 saturated heterocycles. The van der Waals surface area contributed by atoms with E-state index in [9.17, 15) is 13.2 Å². The van der Waals surface area contributed by atoms with Crippen molar-refractivity contribution in [2.45, 2.75) is 32.2 Å². The maximum absolute atomic E-state index is 13.2. The predicted octanol–water partition coefficient (Wildman–Crippen LogP) is 5.55. The number of aromatic nitrogens is 1. The first-order valence-corrected chi connectivity index (χ1v) is 12.5. The zero-order valence-corrected chi connectivity index (χ0v) is 21.2. The van der Waals surface area contributed by atoms with Gasteiger partial charge in [-0.25, -0.2) is 13.1 Å². The lowest BCUT2D eigenvalue weighted by atomic mass is 10.1. The average molecular weight is 516 g/mol. The van der Waals surface area contributed by atoms with Crippen LogP contribution < -0.4 is 4.72 Å². The smallest absolute Gasteiger partial charge is 0.275 e. The van der Waals surface area contributed by atoms with E-state index in [2.05, 4.69) is 14.7 Å². The second kappa shape index (κ2) is 11.0. The number of hydrogen-bond acceptors (Lipinski definition) is 5. The summed E-state index contributed by atoms with van der Waals surface area (Å²) in [6.07, 6.45) is 3.03. The highest BCUT2D eigenvalue weighted by Gasteiger charge is 2.24. The van der Waals surface area contributed by atoms with Gasteiger partial charge in [-0.05, 0) is 67.3 Å². The van der Waals surface area contributed by atoms with E-state index >= 15 is 0 Å². The van der Waals surface area contributed by atoms with Crippen LogP contribution in [0.1, 0.15) is 29.3 Å². The van der Waals surface area contributed by atoms with Gasteiger partial charge in [0.1, 0.15) is 5.71 Å². The maximum atomic E-state index is 13.2. The molecule has 1 aromatic heterocycles. The summed E-state index contributed by atoms with van der Waals surface area (Å²) in [5, 5.41) is 0.882. The molecule has 9 heteroatoms. The lowest BCUT2D eigenvalue weighted by molar-refractivity contribution is -0.113. The van der Waals surface area contributed by atoms with E-state index in [0.717, 1.165) is 0 Å². The topological polar surface area (TPSA) is 88.5 Å². The van der Waals surface area contributed by atoms with Crippen LogP contribution in [0.4, 0.5) is 0 Å². The summed E-state index contributed by atoms with van der Waals surface area (Å²) in [5.74, 6) is -0.874. The van der Waals surface area contributed by atoms with Crippen LogP contribution in [-0.4, -0.2) is 25.0 Å². The van der Waals surface area contributed by atoms with Crippen molar-refractivity contribution >= 4 is 50.4 Å². The Balaban J connectivity index is 2.01. The van der Waals surface area contributed by atoms with Crippen molar-refractivity contribution in [2.24, 2.45) is 4.99 Å². The summed E-state index contributed by atoms with van der Waals surface area (Å²) in [6, 6.07) is 15.5. The monoisotopic (exact) mass is 515 g/mol. The number of nitrogens with zero attached hydrogens (tertiary/aromatic N) is 2. The van der Waals surface area contributed by atoms with Crippen LogP contribution in [0.15, 0.2) is 76.8 Å². The minimum atomic E-state index is -4.14. The largest absolute Gasteiger partial charge is 0.283 e. The predicted molar refractivity (Wildman–Crippen MR) is 137 cm³/mol. The second-order valence-electron chi connectivity index (χ2n) is 7.61. The molecule has 6 nitrogen and oxygen atoms in total. The van der Waals surface area contributed by atoms with E-state index in [1.807, 2.05) is 0 Å². The summed E-state index contributed by atoms with van der Waals surface area (Å²) >= 11 is 12.5. The third-order valence-electron chi connectivity index (χ3n) is 5.00. The number of pyridine rings is 1. The lowest BCUT2D eigenvalue weighted by Crippen LogP contribution is -2.36. The molecule has 3 rings (SSSR count). The van der Waals surface area contributed by atoms with Gasteiger partial charge < -0.3 is 0 Å². The van der Waals surface area contributed by atoms with Gasteiger partial charge in [0.05, 0.1) is 22.2 Å². The first-order chi connectivity index (χ1) is 16.1. The Morgan fingerprint density at radius 1 is 1.00 bits per heavy atom. The first kappa shape index (κ1) is 25.6. The van der Waals surface area contributed by atoms with Crippen molar-refractivity contribution in [3.05, 3.63) is 99.3 Å². The molecule has 34 heavy (non-hydrogen) atoms. The Bertz CT molecular complexity index is 1380. The molecular formula is C25H23Cl2N3O3S. The molecule has 2 aromatic carbocycles. The molecule has 1 amide bonds. The highest BCUT2D eigenvalue weighted by molar-refractivity contribution is 7.90. The van der Waals surface area contributed by atoms with Gasteiger partial charge in [-0.3, -0.25) is 14.8 Å². The molecule has 1 N–H and O–H groups in total. The Hall–Kier alpha value is -3.00. The number of aliphatic imine (C=N–C) groups is 1. The molecule has 3 aromatic rings. The number of carbonyl (C=O) groups excluding carboxylic acids is 1. The number of allylic oxidation sites excluding steroid dienone is 1. The Morgan fingerprint density at radius 2 is 1.65 bits per heavy atom. The molecule has 0 aliphatic heterocycles. The Kier molecular flexibility index (Phi) is 8.25. The van der Waals surface area contributed by atoms with E-state index < -0.39 is 15.9 Å². The van der Waals surface area contributed by atoms with Crippen LogP contribution in [0.5, 0.6) is 0 Å². The highest BCUT2D eigenvalue weighted by Crippen LogP contribution is 2.22. The molecular weight excluding hydrogens is 493 g/mol. The van der Waals surface area contributed by atoms with Crippen molar-refractivity contribution < 1.29 is 13.2 Å². The fourth-order valence-electron chi connectivity index (χ4n) is 3.38. The molecule has 0 spiro atoms. The van der Waals surface area contributed by atoms with Crippen molar-refractivity contribution in [2.75, 3.05) is 0 Å².